The molecule has 0 radical (unpaired) electrons. The molecule has 1 aliphatic carbocycles. The van der Waals surface area contributed by atoms with Gasteiger partial charge < -0.3 is 16.2 Å². The minimum absolute atomic E-state index is 0.0357. The molecule has 5 heteroatoms. The summed E-state index contributed by atoms with van der Waals surface area (Å²) in [5, 5.41) is 12.4. The highest BCUT2D eigenvalue weighted by Crippen LogP contribution is 2.32. The van der Waals surface area contributed by atoms with E-state index in [4.69, 9.17) is 5.73 Å². The average molecular weight is 263 g/mol. The average Bonchev–Trinajstić information content (AvgIpc) is 2.33. The van der Waals surface area contributed by atoms with E-state index in [1.54, 1.807) is 13.0 Å². The molecule has 0 aliphatic heterocycles. The van der Waals surface area contributed by atoms with Gasteiger partial charge in [0.25, 0.3) is 0 Å². The second kappa shape index (κ2) is 5.17. The van der Waals surface area contributed by atoms with Crippen molar-refractivity contribution in [2.45, 2.75) is 45.1 Å². The van der Waals surface area contributed by atoms with Gasteiger partial charge in [-0.3, -0.25) is 4.79 Å². The number of rotatable bonds is 2. The number of hydrogen-bond donors (Lipinski definition) is 3. The molecule has 1 amide bonds. The molecule has 1 aromatic rings. The maximum absolute atomic E-state index is 12.3. The lowest BCUT2D eigenvalue weighted by atomic mass is 9.76. The van der Waals surface area contributed by atoms with Gasteiger partial charge in [0.1, 0.15) is 0 Å². The molecule has 1 aliphatic rings. The molecular weight excluding hydrogens is 242 g/mol. The van der Waals surface area contributed by atoms with Crippen molar-refractivity contribution in [2.75, 3.05) is 5.32 Å². The highest BCUT2D eigenvalue weighted by Gasteiger charge is 2.38. The van der Waals surface area contributed by atoms with E-state index in [2.05, 4.69) is 17.2 Å². The van der Waals surface area contributed by atoms with Gasteiger partial charge in [0.15, 0.2) is 11.6 Å². The maximum atomic E-state index is 12.3. The van der Waals surface area contributed by atoms with Crippen LogP contribution in [-0.4, -0.2) is 21.5 Å². The molecule has 19 heavy (non-hydrogen) atoms. The number of aryl methyl sites for hydroxylation is 1. The molecule has 2 atom stereocenters. The number of carbonyl (C=O) groups is 1. The van der Waals surface area contributed by atoms with Crippen molar-refractivity contribution in [3.05, 3.63) is 17.8 Å². The van der Waals surface area contributed by atoms with Crippen LogP contribution < -0.4 is 11.1 Å². The topological polar surface area (TPSA) is 88.2 Å². The van der Waals surface area contributed by atoms with Crippen molar-refractivity contribution in [2.24, 2.45) is 11.7 Å². The van der Waals surface area contributed by atoms with Crippen LogP contribution in [0.4, 0.5) is 5.82 Å². The van der Waals surface area contributed by atoms with E-state index in [-0.39, 0.29) is 17.5 Å². The van der Waals surface area contributed by atoms with Crippen LogP contribution in [0.2, 0.25) is 0 Å². The predicted octanol–water partition coefficient (Wildman–Crippen LogP) is 1.94. The zero-order chi connectivity index (χ0) is 14.0. The van der Waals surface area contributed by atoms with E-state index in [1.165, 1.54) is 6.07 Å². The fraction of sp³-hybridized carbons (Fsp3) is 0.571. The first-order valence-corrected chi connectivity index (χ1v) is 6.68. The number of carbonyl (C=O) groups excluding carboxylic acids is 1. The Hall–Kier alpha value is -1.62. The Kier molecular flexibility index (Phi) is 3.75. The summed E-state index contributed by atoms with van der Waals surface area (Å²) in [5.74, 6) is 0.343. The largest absolute Gasteiger partial charge is 0.504 e. The molecule has 1 aromatic heterocycles. The van der Waals surface area contributed by atoms with Gasteiger partial charge in [0.2, 0.25) is 5.91 Å². The Labute approximate surface area is 113 Å². The van der Waals surface area contributed by atoms with Crippen LogP contribution in [0.15, 0.2) is 12.1 Å². The zero-order valence-corrected chi connectivity index (χ0v) is 11.4. The van der Waals surface area contributed by atoms with Gasteiger partial charge in [-0.15, -0.1) is 0 Å². The summed E-state index contributed by atoms with van der Waals surface area (Å²) in [6, 6.07) is 3.20. The van der Waals surface area contributed by atoms with Crippen LogP contribution in [0.25, 0.3) is 0 Å². The number of anilines is 1. The summed E-state index contributed by atoms with van der Waals surface area (Å²) in [5.41, 5.74) is 6.09. The van der Waals surface area contributed by atoms with E-state index in [9.17, 15) is 9.90 Å². The molecule has 1 saturated carbocycles. The van der Waals surface area contributed by atoms with E-state index >= 15 is 0 Å². The standard InChI is InChI=1S/C14H21N3O2/c1-9-4-3-7-14(15,8-9)13(19)17-12-11(18)6-5-10(2)16-12/h5-6,9,18H,3-4,7-8,15H2,1-2H3,(H,16,17,19). The van der Waals surface area contributed by atoms with Gasteiger partial charge >= 0.3 is 0 Å². The molecule has 104 valence electrons. The maximum Gasteiger partial charge on any atom is 0.245 e. The second-order valence-corrected chi connectivity index (χ2v) is 5.63. The molecule has 5 nitrogen and oxygen atoms in total. The molecule has 2 rings (SSSR count). The first-order valence-electron chi connectivity index (χ1n) is 6.68. The van der Waals surface area contributed by atoms with Crippen molar-refractivity contribution in [1.82, 2.24) is 4.98 Å². The predicted molar refractivity (Wildman–Crippen MR) is 73.8 cm³/mol. The molecule has 2 unspecified atom stereocenters. The molecule has 0 saturated heterocycles. The Morgan fingerprint density at radius 2 is 2.32 bits per heavy atom. The molecule has 0 bridgehead atoms. The SMILES string of the molecule is Cc1ccc(O)c(NC(=O)C2(N)CCCC(C)C2)n1. The van der Waals surface area contributed by atoms with E-state index in [0.29, 0.717) is 18.8 Å². The van der Waals surface area contributed by atoms with Crippen molar-refractivity contribution < 1.29 is 9.90 Å². The first kappa shape index (κ1) is 13.8. The summed E-state index contributed by atoms with van der Waals surface area (Å²) < 4.78 is 0. The number of pyridine rings is 1. The highest BCUT2D eigenvalue weighted by atomic mass is 16.3. The second-order valence-electron chi connectivity index (χ2n) is 5.63. The Morgan fingerprint density at radius 1 is 1.58 bits per heavy atom. The number of nitrogens with zero attached hydrogens (tertiary/aromatic N) is 1. The van der Waals surface area contributed by atoms with Gasteiger partial charge in [-0.2, -0.15) is 0 Å². The zero-order valence-electron chi connectivity index (χ0n) is 11.4. The lowest BCUT2D eigenvalue weighted by Gasteiger charge is -2.35. The van der Waals surface area contributed by atoms with Gasteiger partial charge in [-0.25, -0.2) is 4.98 Å². The van der Waals surface area contributed by atoms with E-state index in [0.717, 1.165) is 18.5 Å². The van der Waals surface area contributed by atoms with Crippen molar-refractivity contribution in [3.8, 4) is 5.75 Å². The summed E-state index contributed by atoms with van der Waals surface area (Å²) in [4.78, 5) is 16.4. The molecule has 0 spiro atoms. The number of amides is 1. The molecular formula is C14H21N3O2. The third-order valence-electron chi connectivity index (χ3n) is 3.73. The smallest absolute Gasteiger partial charge is 0.245 e. The van der Waals surface area contributed by atoms with Gasteiger partial charge in [-0.1, -0.05) is 19.8 Å². The Morgan fingerprint density at radius 3 is 3.00 bits per heavy atom. The fourth-order valence-corrected chi connectivity index (χ4v) is 2.67. The number of hydrogen-bond acceptors (Lipinski definition) is 4. The van der Waals surface area contributed by atoms with Crippen LogP contribution in [0.3, 0.4) is 0 Å². The highest BCUT2D eigenvalue weighted by molar-refractivity contribution is 5.98. The summed E-state index contributed by atoms with van der Waals surface area (Å²) in [6.07, 6.45) is 3.42. The van der Waals surface area contributed by atoms with Crippen molar-refractivity contribution >= 4 is 11.7 Å². The molecule has 1 heterocycles. The lowest BCUT2D eigenvalue weighted by Crippen LogP contribution is -2.53. The third kappa shape index (κ3) is 3.04. The Bertz CT molecular complexity index is 490. The van der Waals surface area contributed by atoms with E-state index in [1.807, 2.05) is 0 Å². The molecule has 4 N–H and O–H groups in total. The first-order chi connectivity index (χ1) is 8.90. The van der Waals surface area contributed by atoms with Crippen LogP contribution in [0.5, 0.6) is 5.75 Å². The lowest BCUT2D eigenvalue weighted by molar-refractivity contribution is -0.122. The monoisotopic (exact) mass is 263 g/mol. The number of aromatic nitrogens is 1. The van der Waals surface area contributed by atoms with Crippen molar-refractivity contribution in [1.29, 1.82) is 0 Å². The van der Waals surface area contributed by atoms with Crippen LogP contribution in [-0.2, 0) is 4.79 Å². The third-order valence-corrected chi connectivity index (χ3v) is 3.73. The summed E-state index contributed by atoms with van der Waals surface area (Å²) in [7, 11) is 0. The molecule has 1 fully saturated rings. The van der Waals surface area contributed by atoms with Gasteiger partial charge in [0, 0.05) is 5.69 Å². The quantitative estimate of drug-likeness (QED) is 0.761. The normalized spacial score (nSPS) is 27.0. The summed E-state index contributed by atoms with van der Waals surface area (Å²) in [6.45, 7) is 3.91. The number of nitrogens with one attached hydrogen (secondary N) is 1. The fourth-order valence-electron chi connectivity index (χ4n) is 2.67. The number of nitrogens with two attached hydrogens (primary N) is 1. The van der Waals surface area contributed by atoms with Crippen molar-refractivity contribution in [3.63, 3.8) is 0 Å². The Balaban J connectivity index is 2.14. The number of aromatic hydroxyl groups is 1. The van der Waals surface area contributed by atoms with Gasteiger partial charge in [-0.05, 0) is 37.8 Å². The minimum atomic E-state index is -0.852. The van der Waals surface area contributed by atoms with Gasteiger partial charge in [0.05, 0.1) is 5.54 Å². The van der Waals surface area contributed by atoms with E-state index < -0.39 is 5.54 Å². The van der Waals surface area contributed by atoms with Crippen LogP contribution >= 0.6 is 0 Å². The summed E-state index contributed by atoms with van der Waals surface area (Å²) >= 11 is 0. The van der Waals surface area contributed by atoms with Crippen LogP contribution in [0.1, 0.15) is 38.3 Å². The van der Waals surface area contributed by atoms with Crippen LogP contribution in [0, 0.1) is 12.8 Å². The minimum Gasteiger partial charge on any atom is -0.504 e. The molecule has 0 aromatic carbocycles.